The van der Waals surface area contributed by atoms with Crippen molar-refractivity contribution >= 4 is 6.08 Å². The van der Waals surface area contributed by atoms with Gasteiger partial charge in [-0.15, -0.1) is 0 Å². The van der Waals surface area contributed by atoms with E-state index in [2.05, 4.69) is 39.8 Å². The predicted molar refractivity (Wildman–Crippen MR) is 64.3 cm³/mol. The summed E-state index contributed by atoms with van der Waals surface area (Å²) in [7, 11) is 0. The second-order valence-electron chi connectivity index (χ2n) is 4.81. The molecule has 1 rings (SSSR count). The van der Waals surface area contributed by atoms with Crippen molar-refractivity contribution in [3.63, 3.8) is 0 Å². The van der Waals surface area contributed by atoms with Gasteiger partial charge in [-0.3, -0.25) is 0 Å². The van der Waals surface area contributed by atoms with Crippen molar-refractivity contribution in [2.75, 3.05) is 0 Å². The van der Waals surface area contributed by atoms with E-state index in [1.54, 1.807) is 0 Å². The molecule has 0 amide bonds. The number of hydrogen-bond donors (Lipinski definition) is 0. The van der Waals surface area contributed by atoms with Gasteiger partial charge in [-0.1, -0.05) is 44.6 Å². The van der Waals surface area contributed by atoms with E-state index in [-0.39, 0.29) is 5.41 Å². The quantitative estimate of drug-likeness (QED) is 0.670. The fourth-order valence-corrected chi connectivity index (χ4v) is 1.12. The maximum Gasteiger partial charge on any atom is 0.0991 e. The highest BCUT2D eigenvalue weighted by Crippen LogP contribution is 2.26. The molecule has 0 unspecified atom stereocenters. The summed E-state index contributed by atoms with van der Waals surface area (Å²) >= 11 is 0. The number of allylic oxidation sites excluding steroid dienone is 1. The summed E-state index contributed by atoms with van der Waals surface area (Å²) in [5, 5.41) is 8.67. The maximum atomic E-state index is 8.67. The molecule has 0 aliphatic heterocycles. The monoisotopic (exact) mass is 199 g/mol. The molecule has 1 heteroatoms. The highest BCUT2D eigenvalue weighted by Gasteiger charge is 2.11. The van der Waals surface area contributed by atoms with Crippen molar-refractivity contribution in [3.05, 3.63) is 41.0 Å². The highest BCUT2D eigenvalue weighted by atomic mass is 14.2. The standard InChI is InChI=1S/C14H17N/c1-11(14(2,3)4)9-12-5-7-13(10-15)8-6-12/h5-9H,1-4H3/b11-9+. The smallest absolute Gasteiger partial charge is 0.0991 e. The van der Waals surface area contributed by atoms with Crippen LogP contribution in [0, 0.1) is 16.7 Å². The Kier molecular flexibility index (Phi) is 3.31. The lowest BCUT2D eigenvalue weighted by Crippen LogP contribution is -2.05. The molecule has 0 heterocycles. The van der Waals surface area contributed by atoms with E-state index >= 15 is 0 Å². The molecule has 0 aliphatic carbocycles. The molecule has 0 bridgehead atoms. The molecule has 0 radical (unpaired) electrons. The van der Waals surface area contributed by atoms with E-state index in [9.17, 15) is 0 Å². The molecule has 0 saturated heterocycles. The van der Waals surface area contributed by atoms with E-state index in [4.69, 9.17) is 5.26 Å². The molecule has 0 fully saturated rings. The van der Waals surface area contributed by atoms with Crippen molar-refractivity contribution in [1.82, 2.24) is 0 Å². The molecule has 0 spiro atoms. The Balaban J connectivity index is 2.96. The van der Waals surface area contributed by atoms with Crippen molar-refractivity contribution in [3.8, 4) is 6.07 Å². The normalized spacial score (nSPS) is 12.3. The van der Waals surface area contributed by atoms with E-state index in [1.807, 2.05) is 24.3 Å². The van der Waals surface area contributed by atoms with E-state index in [1.165, 1.54) is 5.57 Å². The summed E-state index contributed by atoms with van der Waals surface area (Å²) in [4.78, 5) is 0. The molecule has 1 aromatic rings. The second kappa shape index (κ2) is 4.31. The molecule has 1 nitrogen and oxygen atoms in total. The van der Waals surface area contributed by atoms with Crippen LogP contribution in [0.4, 0.5) is 0 Å². The first-order valence-electron chi connectivity index (χ1n) is 5.12. The molecule has 15 heavy (non-hydrogen) atoms. The van der Waals surface area contributed by atoms with Crippen LogP contribution in [0.5, 0.6) is 0 Å². The Hall–Kier alpha value is -1.55. The van der Waals surface area contributed by atoms with E-state index < -0.39 is 0 Å². The van der Waals surface area contributed by atoms with Crippen molar-refractivity contribution in [2.45, 2.75) is 27.7 Å². The van der Waals surface area contributed by atoms with Crippen molar-refractivity contribution in [1.29, 1.82) is 5.26 Å². The average molecular weight is 199 g/mol. The van der Waals surface area contributed by atoms with E-state index in [0.29, 0.717) is 5.56 Å². The van der Waals surface area contributed by atoms with Gasteiger partial charge < -0.3 is 0 Å². The molecule has 0 N–H and O–H groups in total. The largest absolute Gasteiger partial charge is 0.192 e. The van der Waals surface area contributed by atoms with E-state index in [0.717, 1.165) is 5.56 Å². The number of nitriles is 1. The lowest BCUT2D eigenvalue weighted by Gasteiger charge is -2.19. The third-order valence-electron chi connectivity index (χ3n) is 2.61. The van der Waals surface area contributed by atoms with Gasteiger partial charge in [0.15, 0.2) is 0 Å². The van der Waals surface area contributed by atoms with Gasteiger partial charge >= 0.3 is 0 Å². The number of nitrogens with zero attached hydrogens (tertiary/aromatic N) is 1. The first-order valence-corrected chi connectivity index (χ1v) is 5.12. The Morgan fingerprint density at radius 2 is 1.73 bits per heavy atom. The van der Waals surface area contributed by atoms with Crippen LogP contribution in [0.1, 0.15) is 38.8 Å². The van der Waals surface area contributed by atoms with Crippen LogP contribution < -0.4 is 0 Å². The van der Waals surface area contributed by atoms with Gasteiger partial charge in [0.2, 0.25) is 0 Å². The zero-order valence-corrected chi connectivity index (χ0v) is 9.83. The van der Waals surface area contributed by atoms with Crippen molar-refractivity contribution in [2.24, 2.45) is 5.41 Å². The third kappa shape index (κ3) is 3.25. The lowest BCUT2D eigenvalue weighted by molar-refractivity contribution is 0.508. The van der Waals surface area contributed by atoms with Crippen LogP contribution in [0.3, 0.4) is 0 Å². The first kappa shape index (κ1) is 11.5. The Labute approximate surface area is 92.1 Å². The molecule has 78 valence electrons. The minimum Gasteiger partial charge on any atom is -0.192 e. The van der Waals surface area contributed by atoms with Crippen LogP contribution in [0.25, 0.3) is 6.08 Å². The van der Waals surface area contributed by atoms with Gasteiger partial charge in [-0.2, -0.15) is 5.26 Å². The Morgan fingerprint density at radius 3 is 2.13 bits per heavy atom. The third-order valence-corrected chi connectivity index (χ3v) is 2.61. The maximum absolute atomic E-state index is 8.67. The van der Waals surface area contributed by atoms with Gasteiger partial charge in [0.05, 0.1) is 11.6 Å². The fraction of sp³-hybridized carbons (Fsp3) is 0.357. The zero-order valence-electron chi connectivity index (χ0n) is 9.83. The van der Waals surface area contributed by atoms with Crippen LogP contribution in [-0.4, -0.2) is 0 Å². The van der Waals surface area contributed by atoms with Crippen LogP contribution in [0.15, 0.2) is 29.8 Å². The van der Waals surface area contributed by atoms with Gasteiger partial charge in [-0.25, -0.2) is 0 Å². The topological polar surface area (TPSA) is 23.8 Å². The molecule has 0 aliphatic rings. The molecular formula is C14H17N. The number of benzene rings is 1. The summed E-state index contributed by atoms with van der Waals surface area (Å²) in [5.41, 5.74) is 3.41. The Bertz CT molecular complexity index is 396. The summed E-state index contributed by atoms with van der Waals surface area (Å²) in [6.07, 6.45) is 2.17. The fourth-order valence-electron chi connectivity index (χ4n) is 1.12. The average Bonchev–Trinajstić information content (AvgIpc) is 2.17. The van der Waals surface area contributed by atoms with Crippen LogP contribution in [-0.2, 0) is 0 Å². The predicted octanol–water partition coefficient (Wildman–Crippen LogP) is 4.01. The van der Waals surface area contributed by atoms with Crippen LogP contribution >= 0.6 is 0 Å². The second-order valence-corrected chi connectivity index (χ2v) is 4.81. The van der Waals surface area contributed by atoms with Gasteiger partial charge in [0, 0.05) is 0 Å². The minimum absolute atomic E-state index is 0.202. The molecular weight excluding hydrogens is 182 g/mol. The minimum atomic E-state index is 0.202. The van der Waals surface area contributed by atoms with Gasteiger partial charge in [0.1, 0.15) is 0 Å². The summed E-state index contributed by atoms with van der Waals surface area (Å²) < 4.78 is 0. The first-order chi connectivity index (χ1) is 6.93. The van der Waals surface area contributed by atoms with Gasteiger partial charge in [0.25, 0.3) is 0 Å². The van der Waals surface area contributed by atoms with Crippen LogP contribution in [0.2, 0.25) is 0 Å². The summed E-state index contributed by atoms with van der Waals surface area (Å²) in [6.45, 7) is 8.73. The van der Waals surface area contributed by atoms with Crippen molar-refractivity contribution < 1.29 is 0 Å². The van der Waals surface area contributed by atoms with Gasteiger partial charge in [-0.05, 0) is 30.0 Å². The number of hydrogen-bond acceptors (Lipinski definition) is 1. The lowest BCUT2D eigenvalue weighted by atomic mass is 9.86. The molecule has 0 aromatic heterocycles. The summed E-state index contributed by atoms with van der Waals surface area (Å²) in [5.74, 6) is 0. The molecule has 0 saturated carbocycles. The highest BCUT2D eigenvalue weighted by molar-refractivity contribution is 5.54. The zero-order chi connectivity index (χ0) is 11.5. The SMILES string of the molecule is C/C(=C\c1ccc(C#N)cc1)C(C)(C)C. The Morgan fingerprint density at radius 1 is 1.20 bits per heavy atom. The summed E-state index contributed by atoms with van der Waals surface area (Å²) in [6, 6.07) is 9.77. The molecule has 1 aromatic carbocycles. The molecule has 0 atom stereocenters. The number of rotatable bonds is 1.